The van der Waals surface area contributed by atoms with E-state index in [9.17, 15) is 4.79 Å². The maximum Gasteiger partial charge on any atom is 0.339 e. The molecule has 4 nitrogen and oxygen atoms in total. The normalized spacial score (nSPS) is 10.4. The largest absolute Gasteiger partial charge is 0.478 e. The van der Waals surface area contributed by atoms with Crippen molar-refractivity contribution in [2.45, 2.75) is 26.7 Å². The molecule has 0 atom stereocenters. The molecule has 0 fully saturated rings. The van der Waals surface area contributed by atoms with Crippen molar-refractivity contribution in [3.05, 3.63) is 58.7 Å². The molecule has 0 aliphatic rings. The van der Waals surface area contributed by atoms with Gasteiger partial charge < -0.3 is 5.11 Å². The highest BCUT2D eigenvalue weighted by Crippen LogP contribution is 2.11. The number of benzene rings is 1. The molecule has 1 heterocycles. The number of hydrogen-bond donors (Lipinski definition) is 1. The van der Waals surface area contributed by atoms with Crippen LogP contribution in [0.1, 0.15) is 39.9 Å². The standard InChI is InChI=1S/C15H16N2O2/c1-3-13-12(15(18)19)9-16-14(17-13)8-11-6-4-10(2)5-7-11/h4-7,9H,3,8H2,1-2H3,(H,18,19). The average Bonchev–Trinajstić information content (AvgIpc) is 2.41. The summed E-state index contributed by atoms with van der Waals surface area (Å²) in [6, 6.07) is 8.16. The van der Waals surface area contributed by atoms with Gasteiger partial charge in [0, 0.05) is 12.6 Å². The lowest BCUT2D eigenvalue weighted by molar-refractivity contribution is 0.0694. The summed E-state index contributed by atoms with van der Waals surface area (Å²) in [5.41, 5.74) is 3.11. The van der Waals surface area contributed by atoms with Gasteiger partial charge in [-0.05, 0) is 18.9 Å². The molecule has 0 unspecified atom stereocenters. The van der Waals surface area contributed by atoms with E-state index in [0.29, 0.717) is 24.4 Å². The van der Waals surface area contributed by atoms with E-state index in [2.05, 4.69) is 9.97 Å². The monoisotopic (exact) mass is 256 g/mol. The van der Waals surface area contributed by atoms with Crippen LogP contribution in [0.4, 0.5) is 0 Å². The van der Waals surface area contributed by atoms with Crippen LogP contribution < -0.4 is 0 Å². The molecule has 0 amide bonds. The quantitative estimate of drug-likeness (QED) is 0.913. The summed E-state index contributed by atoms with van der Waals surface area (Å²) in [5.74, 6) is -0.315. The molecule has 2 aromatic rings. The average molecular weight is 256 g/mol. The van der Waals surface area contributed by atoms with Crippen molar-refractivity contribution in [3.63, 3.8) is 0 Å². The number of carboxylic acid groups (broad SMARTS) is 1. The van der Waals surface area contributed by atoms with Gasteiger partial charge in [0.2, 0.25) is 0 Å². The van der Waals surface area contributed by atoms with Gasteiger partial charge in [-0.2, -0.15) is 0 Å². The van der Waals surface area contributed by atoms with Gasteiger partial charge in [-0.3, -0.25) is 0 Å². The van der Waals surface area contributed by atoms with Crippen molar-refractivity contribution >= 4 is 5.97 Å². The minimum Gasteiger partial charge on any atom is -0.478 e. The lowest BCUT2D eigenvalue weighted by Crippen LogP contribution is -2.08. The number of hydrogen-bond acceptors (Lipinski definition) is 3. The van der Waals surface area contributed by atoms with Crippen LogP contribution in [-0.2, 0) is 12.8 Å². The molecular weight excluding hydrogens is 240 g/mol. The van der Waals surface area contributed by atoms with Crippen molar-refractivity contribution in [1.29, 1.82) is 0 Å². The van der Waals surface area contributed by atoms with E-state index in [4.69, 9.17) is 5.11 Å². The van der Waals surface area contributed by atoms with Crippen LogP contribution in [0.2, 0.25) is 0 Å². The van der Waals surface area contributed by atoms with Crippen LogP contribution in [0.5, 0.6) is 0 Å². The molecule has 0 radical (unpaired) electrons. The second-order valence-corrected chi connectivity index (χ2v) is 4.47. The number of aromatic nitrogens is 2. The third-order valence-electron chi connectivity index (χ3n) is 2.97. The summed E-state index contributed by atoms with van der Waals surface area (Å²) in [4.78, 5) is 19.5. The number of carbonyl (C=O) groups is 1. The van der Waals surface area contributed by atoms with Crippen LogP contribution in [-0.4, -0.2) is 21.0 Å². The topological polar surface area (TPSA) is 63.1 Å². The zero-order valence-electron chi connectivity index (χ0n) is 11.1. The molecule has 4 heteroatoms. The molecule has 0 bridgehead atoms. The highest BCUT2D eigenvalue weighted by Gasteiger charge is 2.12. The Labute approximate surface area is 112 Å². The van der Waals surface area contributed by atoms with Gasteiger partial charge in [-0.1, -0.05) is 36.8 Å². The Morgan fingerprint density at radius 2 is 1.95 bits per heavy atom. The third kappa shape index (κ3) is 3.16. The van der Waals surface area contributed by atoms with Crippen molar-refractivity contribution in [2.24, 2.45) is 0 Å². The number of carboxylic acids is 1. The van der Waals surface area contributed by atoms with Crippen LogP contribution in [0.25, 0.3) is 0 Å². The van der Waals surface area contributed by atoms with Crippen molar-refractivity contribution in [3.8, 4) is 0 Å². The van der Waals surface area contributed by atoms with Gasteiger partial charge in [-0.25, -0.2) is 14.8 Å². The number of rotatable bonds is 4. The second-order valence-electron chi connectivity index (χ2n) is 4.47. The maximum absolute atomic E-state index is 11.0. The highest BCUT2D eigenvalue weighted by atomic mass is 16.4. The Morgan fingerprint density at radius 1 is 1.26 bits per heavy atom. The van der Waals surface area contributed by atoms with Crippen LogP contribution in [0.3, 0.4) is 0 Å². The van der Waals surface area contributed by atoms with Gasteiger partial charge in [0.15, 0.2) is 0 Å². The first-order valence-electron chi connectivity index (χ1n) is 6.23. The lowest BCUT2D eigenvalue weighted by atomic mass is 10.1. The van der Waals surface area contributed by atoms with Crippen molar-refractivity contribution < 1.29 is 9.90 Å². The fraction of sp³-hybridized carbons (Fsp3) is 0.267. The summed E-state index contributed by atoms with van der Waals surface area (Å²) in [7, 11) is 0. The number of aryl methyl sites for hydroxylation is 2. The molecule has 0 spiro atoms. The second kappa shape index (κ2) is 5.61. The van der Waals surface area contributed by atoms with Gasteiger partial charge in [0.25, 0.3) is 0 Å². The predicted molar refractivity (Wildman–Crippen MR) is 72.4 cm³/mol. The molecule has 98 valence electrons. The van der Waals surface area contributed by atoms with E-state index in [1.807, 2.05) is 38.1 Å². The van der Waals surface area contributed by atoms with Crippen LogP contribution >= 0.6 is 0 Å². The van der Waals surface area contributed by atoms with Crippen molar-refractivity contribution in [2.75, 3.05) is 0 Å². The minimum atomic E-state index is -0.973. The van der Waals surface area contributed by atoms with Gasteiger partial charge in [-0.15, -0.1) is 0 Å². The first kappa shape index (κ1) is 13.2. The first-order valence-corrected chi connectivity index (χ1v) is 6.23. The van der Waals surface area contributed by atoms with E-state index in [0.717, 1.165) is 5.56 Å². The molecule has 19 heavy (non-hydrogen) atoms. The SMILES string of the molecule is CCc1nc(Cc2ccc(C)cc2)ncc1C(=O)O. The van der Waals surface area contributed by atoms with Crippen LogP contribution in [0.15, 0.2) is 30.5 Å². The molecule has 0 aliphatic carbocycles. The molecule has 2 rings (SSSR count). The summed E-state index contributed by atoms with van der Waals surface area (Å²) in [6.45, 7) is 3.93. The fourth-order valence-corrected chi connectivity index (χ4v) is 1.88. The van der Waals surface area contributed by atoms with E-state index >= 15 is 0 Å². The summed E-state index contributed by atoms with van der Waals surface area (Å²) < 4.78 is 0. The third-order valence-corrected chi connectivity index (χ3v) is 2.97. The summed E-state index contributed by atoms with van der Waals surface area (Å²) in [6.07, 6.45) is 2.61. The van der Waals surface area contributed by atoms with E-state index in [-0.39, 0.29) is 5.56 Å². The Hall–Kier alpha value is -2.23. The first-order chi connectivity index (χ1) is 9.10. The molecule has 0 saturated carbocycles. The zero-order chi connectivity index (χ0) is 13.8. The minimum absolute atomic E-state index is 0.190. The van der Waals surface area contributed by atoms with E-state index < -0.39 is 5.97 Å². The fourth-order valence-electron chi connectivity index (χ4n) is 1.88. The van der Waals surface area contributed by atoms with Gasteiger partial charge in [0.1, 0.15) is 5.82 Å². The van der Waals surface area contributed by atoms with E-state index in [1.165, 1.54) is 11.8 Å². The summed E-state index contributed by atoms with van der Waals surface area (Å²) >= 11 is 0. The Morgan fingerprint density at radius 3 is 2.53 bits per heavy atom. The molecule has 0 aliphatic heterocycles. The van der Waals surface area contributed by atoms with Crippen molar-refractivity contribution in [1.82, 2.24) is 9.97 Å². The number of aromatic carboxylic acids is 1. The molecule has 1 N–H and O–H groups in total. The highest BCUT2D eigenvalue weighted by molar-refractivity contribution is 5.88. The smallest absolute Gasteiger partial charge is 0.339 e. The molecule has 0 saturated heterocycles. The van der Waals surface area contributed by atoms with Gasteiger partial charge in [0.05, 0.1) is 11.3 Å². The maximum atomic E-state index is 11.0. The Balaban J connectivity index is 2.26. The number of nitrogens with zero attached hydrogens (tertiary/aromatic N) is 2. The van der Waals surface area contributed by atoms with Crippen LogP contribution in [0, 0.1) is 6.92 Å². The Kier molecular flexibility index (Phi) is 3.90. The predicted octanol–water partition coefficient (Wildman–Crippen LogP) is 2.64. The lowest BCUT2D eigenvalue weighted by Gasteiger charge is -2.06. The summed E-state index contributed by atoms with van der Waals surface area (Å²) in [5, 5.41) is 9.03. The Bertz CT molecular complexity index is 592. The zero-order valence-corrected chi connectivity index (χ0v) is 11.1. The molecule has 1 aromatic heterocycles. The van der Waals surface area contributed by atoms with E-state index in [1.54, 1.807) is 0 Å². The van der Waals surface area contributed by atoms with Gasteiger partial charge >= 0.3 is 5.97 Å². The molecular formula is C15H16N2O2. The molecule has 1 aromatic carbocycles.